The fourth-order valence-corrected chi connectivity index (χ4v) is 3.69. The largest absolute Gasteiger partial charge is 0.479 e. The first-order valence-corrected chi connectivity index (χ1v) is 8.62. The van der Waals surface area contributed by atoms with E-state index in [1.54, 1.807) is 23.1 Å². The summed E-state index contributed by atoms with van der Waals surface area (Å²) in [4.78, 5) is 18.8. The first-order valence-electron chi connectivity index (χ1n) is 8.62. The summed E-state index contributed by atoms with van der Waals surface area (Å²) in [7, 11) is 0. The number of carboxylic acids is 1. The van der Waals surface area contributed by atoms with Crippen LogP contribution < -0.4 is 4.90 Å². The number of rotatable bonds is 4. The molecule has 1 saturated heterocycles. The number of aliphatic hydroxyl groups excluding tert-OH is 1. The number of carbonyl (C=O) groups is 1. The van der Waals surface area contributed by atoms with E-state index in [0.717, 1.165) is 22.3 Å². The van der Waals surface area contributed by atoms with E-state index in [2.05, 4.69) is 10.00 Å². The van der Waals surface area contributed by atoms with Crippen molar-refractivity contribution in [2.75, 3.05) is 18.0 Å². The Morgan fingerprint density at radius 3 is 2.62 bits per heavy atom. The van der Waals surface area contributed by atoms with E-state index in [1.165, 1.54) is 0 Å². The van der Waals surface area contributed by atoms with Crippen molar-refractivity contribution in [1.29, 1.82) is 0 Å². The zero-order valence-corrected chi connectivity index (χ0v) is 14.2. The molecule has 7 nitrogen and oxygen atoms in total. The molecule has 26 heavy (non-hydrogen) atoms. The lowest BCUT2D eigenvalue weighted by atomic mass is 9.87. The van der Waals surface area contributed by atoms with Crippen molar-refractivity contribution in [2.45, 2.75) is 25.0 Å². The molecule has 2 N–H and O–H groups in total. The van der Waals surface area contributed by atoms with E-state index < -0.39 is 11.5 Å². The van der Waals surface area contributed by atoms with Crippen LogP contribution in [0.15, 0.2) is 48.8 Å². The molecule has 1 aromatic carbocycles. The average Bonchev–Trinajstić information content (AvgIpc) is 3.22. The van der Waals surface area contributed by atoms with E-state index in [1.807, 2.05) is 30.3 Å². The van der Waals surface area contributed by atoms with Crippen LogP contribution in [0.4, 0.5) is 5.82 Å². The van der Waals surface area contributed by atoms with E-state index in [9.17, 15) is 15.0 Å². The second-order valence-corrected chi connectivity index (χ2v) is 6.60. The summed E-state index contributed by atoms with van der Waals surface area (Å²) in [6, 6.07) is 11.5. The van der Waals surface area contributed by atoms with Gasteiger partial charge in [-0.2, -0.15) is 5.10 Å². The number of aromatic nitrogens is 3. The van der Waals surface area contributed by atoms with Gasteiger partial charge in [-0.15, -0.1) is 0 Å². The number of fused-ring (bicyclic) bond motifs is 1. The Bertz CT molecular complexity index is 931. The molecular weight excluding hydrogens is 332 g/mol. The highest BCUT2D eigenvalue weighted by Crippen LogP contribution is 2.33. The van der Waals surface area contributed by atoms with Gasteiger partial charge in [0.1, 0.15) is 5.82 Å². The van der Waals surface area contributed by atoms with Crippen LogP contribution in [0, 0.1) is 0 Å². The van der Waals surface area contributed by atoms with E-state index in [4.69, 9.17) is 4.98 Å². The smallest absolute Gasteiger partial charge is 0.331 e. The van der Waals surface area contributed by atoms with Gasteiger partial charge in [0.2, 0.25) is 0 Å². The highest BCUT2D eigenvalue weighted by Gasteiger charge is 2.44. The first kappa shape index (κ1) is 16.5. The fraction of sp³-hybridized carbons (Fsp3) is 0.316. The zero-order valence-electron chi connectivity index (χ0n) is 14.2. The molecule has 3 aromatic rings. The number of aliphatic hydroxyl groups is 1. The Labute approximate surface area is 150 Å². The monoisotopic (exact) mass is 352 g/mol. The lowest BCUT2D eigenvalue weighted by Crippen LogP contribution is -2.51. The van der Waals surface area contributed by atoms with Crippen LogP contribution in [0.3, 0.4) is 0 Å². The van der Waals surface area contributed by atoms with Gasteiger partial charge >= 0.3 is 5.97 Å². The SMILES string of the molecule is O=C(O)C1(n2cccn2)CCN(c2nc3ccccc3cc2CO)CC1. The predicted molar refractivity (Wildman–Crippen MR) is 96.9 cm³/mol. The summed E-state index contributed by atoms with van der Waals surface area (Å²) in [6.07, 6.45) is 4.15. The molecule has 0 unspecified atom stereocenters. The number of nitrogens with zero attached hydrogens (tertiary/aromatic N) is 4. The number of benzene rings is 1. The Balaban J connectivity index is 1.66. The molecule has 0 radical (unpaired) electrons. The fourth-order valence-electron chi connectivity index (χ4n) is 3.69. The van der Waals surface area contributed by atoms with Crippen LogP contribution in [0.25, 0.3) is 10.9 Å². The maximum absolute atomic E-state index is 12.0. The predicted octanol–water partition coefficient (Wildman–Crippen LogP) is 2.00. The minimum atomic E-state index is -1.03. The third-order valence-electron chi connectivity index (χ3n) is 5.18. The quantitative estimate of drug-likeness (QED) is 0.746. The number of hydrogen-bond acceptors (Lipinski definition) is 5. The van der Waals surface area contributed by atoms with Gasteiger partial charge in [0, 0.05) is 49.3 Å². The van der Waals surface area contributed by atoms with Crippen LogP contribution in [0.2, 0.25) is 0 Å². The lowest BCUT2D eigenvalue weighted by Gasteiger charge is -2.40. The van der Waals surface area contributed by atoms with E-state index >= 15 is 0 Å². The molecule has 0 aliphatic carbocycles. The van der Waals surface area contributed by atoms with Crippen molar-refractivity contribution in [3.05, 3.63) is 54.4 Å². The summed E-state index contributed by atoms with van der Waals surface area (Å²) < 4.78 is 1.55. The Morgan fingerprint density at radius 2 is 1.96 bits per heavy atom. The molecule has 0 spiro atoms. The topological polar surface area (TPSA) is 91.5 Å². The number of carboxylic acid groups (broad SMARTS) is 1. The van der Waals surface area contributed by atoms with Crippen molar-refractivity contribution in [1.82, 2.24) is 14.8 Å². The molecule has 0 atom stereocenters. The number of hydrogen-bond donors (Lipinski definition) is 2. The average molecular weight is 352 g/mol. The molecule has 0 amide bonds. The van der Waals surface area contributed by atoms with Crippen LogP contribution >= 0.6 is 0 Å². The van der Waals surface area contributed by atoms with Gasteiger partial charge < -0.3 is 15.1 Å². The van der Waals surface area contributed by atoms with Gasteiger partial charge in [-0.3, -0.25) is 4.68 Å². The van der Waals surface area contributed by atoms with Gasteiger partial charge in [-0.05, 0) is 18.2 Å². The number of piperidine rings is 1. The Morgan fingerprint density at radius 1 is 1.19 bits per heavy atom. The van der Waals surface area contributed by atoms with E-state index in [0.29, 0.717) is 25.9 Å². The first-order chi connectivity index (χ1) is 12.6. The lowest BCUT2D eigenvalue weighted by molar-refractivity contribution is -0.149. The second-order valence-electron chi connectivity index (χ2n) is 6.60. The zero-order chi connectivity index (χ0) is 18.1. The van der Waals surface area contributed by atoms with Crippen molar-refractivity contribution < 1.29 is 15.0 Å². The summed E-state index contributed by atoms with van der Waals surface area (Å²) >= 11 is 0. The summed E-state index contributed by atoms with van der Waals surface area (Å²) in [5, 5.41) is 24.7. The van der Waals surface area contributed by atoms with Crippen molar-refractivity contribution in [2.24, 2.45) is 0 Å². The minimum Gasteiger partial charge on any atom is -0.479 e. The van der Waals surface area contributed by atoms with Gasteiger partial charge in [0.05, 0.1) is 12.1 Å². The summed E-state index contributed by atoms with van der Waals surface area (Å²) in [5.41, 5.74) is 0.586. The molecule has 1 aliphatic heterocycles. The summed E-state index contributed by atoms with van der Waals surface area (Å²) in [5.74, 6) is -0.139. The highest BCUT2D eigenvalue weighted by atomic mass is 16.4. The third kappa shape index (κ3) is 2.61. The molecule has 134 valence electrons. The Hall–Kier alpha value is -2.93. The molecule has 4 rings (SSSR count). The summed E-state index contributed by atoms with van der Waals surface area (Å²) in [6.45, 7) is 0.960. The van der Waals surface area contributed by atoms with Gasteiger partial charge in [-0.1, -0.05) is 18.2 Å². The number of pyridine rings is 1. The van der Waals surface area contributed by atoms with Crippen molar-refractivity contribution >= 4 is 22.7 Å². The van der Waals surface area contributed by atoms with Crippen LogP contribution in [0.5, 0.6) is 0 Å². The molecule has 7 heteroatoms. The number of anilines is 1. The van der Waals surface area contributed by atoms with Crippen molar-refractivity contribution in [3.8, 4) is 0 Å². The minimum absolute atomic E-state index is 0.104. The van der Waals surface area contributed by atoms with Crippen LogP contribution in [-0.2, 0) is 16.9 Å². The van der Waals surface area contributed by atoms with Crippen LogP contribution in [-0.4, -0.2) is 44.0 Å². The van der Waals surface area contributed by atoms with E-state index in [-0.39, 0.29) is 6.61 Å². The molecule has 2 aromatic heterocycles. The molecule has 0 saturated carbocycles. The third-order valence-corrected chi connectivity index (χ3v) is 5.18. The van der Waals surface area contributed by atoms with Crippen molar-refractivity contribution in [3.63, 3.8) is 0 Å². The van der Waals surface area contributed by atoms with Gasteiger partial charge in [0.15, 0.2) is 5.54 Å². The van der Waals surface area contributed by atoms with Crippen LogP contribution in [0.1, 0.15) is 18.4 Å². The maximum atomic E-state index is 12.0. The number of para-hydroxylation sites is 1. The molecule has 0 bridgehead atoms. The standard InChI is InChI=1S/C19H20N4O3/c24-13-15-12-14-4-1-2-5-16(14)21-17(15)22-10-6-19(7-11-22,18(25)26)23-9-3-8-20-23/h1-5,8-9,12,24H,6-7,10-11,13H2,(H,25,26). The van der Waals surface area contributed by atoms with Gasteiger partial charge in [-0.25, -0.2) is 9.78 Å². The molecule has 3 heterocycles. The normalized spacial score (nSPS) is 16.7. The Kier molecular flexibility index (Phi) is 4.08. The highest BCUT2D eigenvalue weighted by molar-refractivity contribution is 5.82. The van der Waals surface area contributed by atoms with Gasteiger partial charge in [0.25, 0.3) is 0 Å². The maximum Gasteiger partial charge on any atom is 0.331 e. The molecule has 1 fully saturated rings. The second kappa shape index (κ2) is 6.42. The molecule has 1 aliphatic rings. The number of aliphatic carboxylic acids is 1. The molecular formula is C19H20N4O3.